The molecule has 0 aliphatic carbocycles. The standard InChI is InChI=1S/C15H16FN5/c1-10-13(19-8-7-18-10)15(2)9-20-14(17)21(15)12-6-4-3-5-11(12)16/h3-8H,9H2,1-2H3,(H2,17,20). The normalized spacial score (nSPS) is 21.5. The first kappa shape index (κ1) is 13.5. The van der Waals surface area contributed by atoms with Gasteiger partial charge in [-0.25, -0.2) is 4.39 Å². The highest BCUT2D eigenvalue weighted by molar-refractivity contribution is 5.98. The van der Waals surface area contributed by atoms with E-state index in [2.05, 4.69) is 15.0 Å². The average Bonchev–Trinajstić information content (AvgIpc) is 2.77. The van der Waals surface area contributed by atoms with Crippen molar-refractivity contribution in [1.82, 2.24) is 9.97 Å². The van der Waals surface area contributed by atoms with E-state index in [0.29, 0.717) is 12.2 Å². The van der Waals surface area contributed by atoms with Gasteiger partial charge in [0.05, 0.1) is 23.6 Å². The number of nitrogens with two attached hydrogens (primary N) is 1. The Bertz CT molecular complexity index is 715. The van der Waals surface area contributed by atoms with Crippen molar-refractivity contribution in [2.24, 2.45) is 10.7 Å². The molecular formula is C15H16FN5. The number of guanidine groups is 1. The summed E-state index contributed by atoms with van der Waals surface area (Å²) in [6, 6.07) is 6.51. The topological polar surface area (TPSA) is 67.4 Å². The molecule has 1 aliphatic rings. The molecule has 2 heterocycles. The molecule has 0 radical (unpaired) electrons. The maximum Gasteiger partial charge on any atom is 0.196 e. The molecular weight excluding hydrogens is 269 g/mol. The molecule has 3 rings (SSSR count). The third-order valence-corrected chi connectivity index (χ3v) is 3.76. The van der Waals surface area contributed by atoms with E-state index in [-0.39, 0.29) is 11.8 Å². The molecule has 1 aromatic carbocycles. The molecule has 0 fully saturated rings. The van der Waals surface area contributed by atoms with Crippen LogP contribution in [0.1, 0.15) is 18.3 Å². The molecule has 21 heavy (non-hydrogen) atoms. The predicted molar refractivity (Wildman–Crippen MR) is 79.5 cm³/mol. The smallest absolute Gasteiger partial charge is 0.196 e. The van der Waals surface area contributed by atoms with Crippen molar-refractivity contribution in [3.8, 4) is 0 Å². The van der Waals surface area contributed by atoms with Gasteiger partial charge in [0, 0.05) is 12.4 Å². The van der Waals surface area contributed by atoms with Crippen LogP contribution in [0.5, 0.6) is 0 Å². The number of para-hydroxylation sites is 1. The third kappa shape index (κ3) is 2.03. The van der Waals surface area contributed by atoms with E-state index in [1.807, 2.05) is 13.8 Å². The summed E-state index contributed by atoms with van der Waals surface area (Å²) in [5.74, 6) is -0.0574. The maximum atomic E-state index is 14.2. The van der Waals surface area contributed by atoms with Crippen LogP contribution < -0.4 is 10.6 Å². The zero-order valence-electron chi connectivity index (χ0n) is 11.9. The Morgan fingerprint density at radius 1 is 1.24 bits per heavy atom. The molecule has 2 N–H and O–H groups in total. The van der Waals surface area contributed by atoms with Gasteiger partial charge in [-0.1, -0.05) is 12.1 Å². The minimum absolute atomic E-state index is 0.285. The van der Waals surface area contributed by atoms with Crippen LogP contribution in [0.4, 0.5) is 10.1 Å². The van der Waals surface area contributed by atoms with Crippen LogP contribution in [0.3, 0.4) is 0 Å². The number of halogens is 1. The molecule has 5 nitrogen and oxygen atoms in total. The van der Waals surface area contributed by atoms with Crippen LogP contribution in [0.25, 0.3) is 0 Å². The highest BCUT2D eigenvalue weighted by Gasteiger charge is 2.43. The van der Waals surface area contributed by atoms with Crippen LogP contribution in [0, 0.1) is 12.7 Å². The van der Waals surface area contributed by atoms with Gasteiger partial charge in [0.1, 0.15) is 11.4 Å². The second kappa shape index (κ2) is 4.80. The quantitative estimate of drug-likeness (QED) is 0.916. The Kier molecular flexibility index (Phi) is 3.08. The van der Waals surface area contributed by atoms with Crippen molar-refractivity contribution in [2.45, 2.75) is 19.4 Å². The molecule has 0 bridgehead atoms. The second-order valence-corrected chi connectivity index (χ2v) is 5.23. The number of nitrogens with zero attached hydrogens (tertiary/aromatic N) is 4. The van der Waals surface area contributed by atoms with Gasteiger partial charge >= 0.3 is 0 Å². The van der Waals surface area contributed by atoms with Crippen molar-refractivity contribution < 1.29 is 4.39 Å². The SMILES string of the molecule is Cc1nccnc1C1(C)CN=C(N)N1c1ccccc1F. The van der Waals surface area contributed by atoms with E-state index in [1.165, 1.54) is 6.07 Å². The minimum Gasteiger partial charge on any atom is -0.369 e. The van der Waals surface area contributed by atoms with Crippen LogP contribution in [0.2, 0.25) is 0 Å². The molecule has 1 aliphatic heterocycles. The van der Waals surface area contributed by atoms with E-state index >= 15 is 0 Å². The molecule has 108 valence electrons. The van der Waals surface area contributed by atoms with Crippen molar-refractivity contribution in [1.29, 1.82) is 0 Å². The van der Waals surface area contributed by atoms with Crippen molar-refractivity contribution in [3.63, 3.8) is 0 Å². The van der Waals surface area contributed by atoms with Crippen LogP contribution in [-0.4, -0.2) is 22.5 Å². The fraction of sp³-hybridized carbons (Fsp3) is 0.267. The highest BCUT2D eigenvalue weighted by Crippen LogP contribution is 2.37. The molecule has 0 amide bonds. The van der Waals surface area contributed by atoms with E-state index in [1.54, 1.807) is 35.5 Å². The first-order valence-electron chi connectivity index (χ1n) is 6.67. The third-order valence-electron chi connectivity index (χ3n) is 3.76. The number of benzene rings is 1. The summed E-state index contributed by atoms with van der Waals surface area (Å²) in [5, 5.41) is 0. The van der Waals surface area contributed by atoms with Gasteiger partial charge in [0.25, 0.3) is 0 Å². The van der Waals surface area contributed by atoms with E-state index in [4.69, 9.17) is 5.73 Å². The lowest BCUT2D eigenvalue weighted by Gasteiger charge is -2.36. The first-order chi connectivity index (χ1) is 10.0. The molecule has 6 heteroatoms. The van der Waals surface area contributed by atoms with Crippen LogP contribution >= 0.6 is 0 Å². The lowest BCUT2D eigenvalue weighted by molar-refractivity contribution is 0.499. The van der Waals surface area contributed by atoms with Crippen molar-refractivity contribution in [2.75, 3.05) is 11.4 Å². The largest absolute Gasteiger partial charge is 0.369 e. The van der Waals surface area contributed by atoms with E-state index < -0.39 is 5.54 Å². The molecule has 1 aromatic heterocycles. The summed E-state index contributed by atoms with van der Waals surface area (Å²) in [5.41, 5.74) is 7.28. The van der Waals surface area contributed by atoms with Gasteiger partial charge in [-0.2, -0.15) is 0 Å². The Morgan fingerprint density at radius 2 is 1.95 bits per heavy atom. The van der Waals surface area contributed by atoms with Gasteiger partial charge < -0.3 is 5.73 Å². The van der Waals surface area contributed by atoms with Crippen LogP contribution in [-0.2, 0) is 5.54 Å². The first-order valence-corrected chi connectivity index (χ1v) is 6.67. The zero-order chi connectivity index (χ0) is 15.0. The van der Waals surface area contributed by atoms with Gasteiger partial charge in [-0.3, -0.25) is 19.9 Å². The Labute approximate surface area is 122 Å². The average molecular weight is 285 g/mol. The summed E-state index contributed by atoms with van der Waals surface area (Å²) in [6.07, 6.45) is 3.26. The summed E-state index contributed by atoms with van der Waals surface area (Å²) < 4.78 is 14.2. The maximum absolute atomic E-state index is 14.2. The van der Waals surface area contributed by atoms with Gasteiger partial charge in [0.15, 0.2) is 5.96 Å². The van der Waals surface area contributed by atoms with E-state index in [9.17, 15) is 4.39 Å². The molecule has 0 saturated carbocycles. The molecule has 2 aromatic rings. The number of anilines is 1. The lowest BCUT2D eigenvalue weighted by atomic mass is 9.94. The van der Waals surface area contributed by atoms with Crippen molar-refractivity contribution >= 4 is 11.6 Å². The minimum atomic E-state index is -0.648. The molecule has 1 atom stereocenters. The summed E-state index contributed by atoms with van der Waals surface area (Å²) >= 11 is 0. The Balaban J connectivity index is 2.16. The number of hydrogen-bond donors (Lipinski definition) is 1. The summed E-state index contributed by atoms with van der Waals surface area (Å²) in [7, 11) is 0. The number of rotatable bonds is 2. The monoisotopic (exact) mass is 285 g/mol. The van der Waals surface area contributed by atoms with E-state index in [0.717, 1.165) is 11.4 Å². The van der Waals surface area contributed by atoms with Crippen molar-refractivity contribution in [3.05, 3.63) is 53.9 Å². The predicted octanol–water partition coefficient (Wildman–Crippen LogP) is 1.97. The highest BCUT2D eigenvalue weighted by atomic mass is 19.1. The lowest BCUT2D eigenvalue weighted by Crippen LogP contribution is -2.49. The Morgan fingerprint density at radius 3 is 2.67 bits per heavy atom. The van der Waals surface area contributed by atoms with Crippen LogP contribution in [0.15, 0.2) is 41.7 Å². The summed E-state index contributed by atoms with van der Waals surface area (Å²) in [4.78, 5) is 14.7. The molecule has 1 unspecified atom stereocenters. The molecule has 0 saturated heterocycles. The summed E-state index contributed by atoms with van der Waals surface area (Å²) in [6.45, 7) is 4.23. The fourth-order valence-corrected chi connectivity index (χ4v) is 2.77. The molecule has 0 spiro atoms. The number of aliphatic imine (C=N–C) groups is 1. The van der Waals surface area contributed by atoms with Gasteiger partial charge in [-0.15, -0.1) is 0 Å². The fourth-order valence-electron chi connectivity index (χ4n) is 2.77. The van der Waals surface area contributed by atoms with Gasteiger partial charge in [-0.05, 0) is 26.0 Å². The Hall–Kier alpha value is -2.50. The second-order valence-electron chi connectivity index (χ2n) is 5.23. The number of hydrogen-bond acceptors (Lipinski definition) is 5. The van der Waals surface area contributed by atoms with Gasteiger partial charge in [0.2, 0.25) is 0 Å². The number of aryl methyl sites for hydroxylation is 1. The number of aromatic nitrogens is 2. The zero-order valence-corrected chi connectivity index (χ0v) is 11.9.